The van der Waals surface area contributed by atoms with E-state index in [0.717, 1.165) is 83.8 Å². The number of aliphatic imine (C=N–C) groups is 1. The molecular formula is C22H34N6O2S. The molecule has 0 aliphatic carbocycles. The Kier molecular flexibility index (Phi) is 7.96. The van der Waals surface area contributed by atoms with Gasteiger partial charge in [-0.15, -0.1) is 11.3 Å². The Labute approximate surface area is 188 Å². The van der Waals surface area contributed by atoms with Crippen LogP contribution in [0.3, 0.4) is 0 Å². The molecule has 9 heteroatoms. The third-order valence-corrected chi connectivity index (χ3v) is 6.98. The SMILES string of the molecule is CCNC(=NCC(c1ccc(C)s1)N1CCOCC1)N1CCN(Cc2ccon2)CC1. The number of rotatable bonds is 7. The minimum atomic E-state index is 0.310. The molecule has 0 amide bonds. The molecule has 0 radical (unpaired) electrons. The Morgan fingerprint density at radius 1 is 1.16 bits per heavy atom. The number of thiophene rings is 1. The molecule has 4 rings (SSSR count). The molecule has 8 nitrogen and oxygen atoms in total. The minimum absolute atomic E-state index is 0.310. The minimum Gasteiger partial charge on any atom is -0.379 e. The van der Waals surface area contributed by atoms with E-state index < -0.39 is 0 Å². The lowest BCUT2D eigenvalue weighted by molar-refractivity contribution is 0.0186. The molecule has 0 spiro atoms. The fourth-order valence-corrected chi connectivity index (χ4v) is 5.18. The lowest BCUT2D eigenvalue weighted by Gasteiger charge is -2.37. The summed E-state index contributed by atoms with van der Waals surface area (Å²) in [6.07, 6.45) is 1.64. The van der Waals surface area contributed by atoms with Gasteiger partial charge in [0.2, 0.25) is 0 Å². The molecule has 1 N–H and O–H groups in total. The number of aryl methyl sites for hydroxylation is 1. The molecule has 1 unspecified atom stereocenters. The van der Waals surface area contributed by atoms with Crippen LogP contribution in [0.1, 0.15) is 28.4 Å². The predicted molar refractivity (Wildman–Crippen MR) is 124 cm³/mol. The van der Waals surface area contributed by atoms with Gasteiger partial charge < -0.3 is 19.5 Å². The predicted octanol–water partition coefficient (Wildman–Crippen LogP) is 2.20. The topological polar surface area (TPSA) is 69.4 Å². The van der Waals surface area contributed by atoms with Crippen molar-refractivity contribution >= 4 is 17.3 Å². The Balaban J connectivity index is 1.40. The number of nitrogens with zero attached hydrogens (tertiary/aromatic N) is 5. The van der Waals surface area contributed by atoms with Crippen LogP contribution in [0.2, 0.25) is 0 Å². The van der Waals surface area contributed by atoms with Crippen molar-refractivity contribution < 1.29 is 9.26 Å². The summed E-state index contributed by atoms with van der Waals surface area (Å²) in [6.45, 7) is 14.2. The van der Waals surface area contributed by atoms with Crippen molar-refractivity contribution in [1.29, 1.82) is 0 Å². The highest BCUT2D eigenvalue weighted by Gasteiger charge is 2.25. The van der Waals surface area contributed by atoms with Gasteiger partial charge in [0.15, 0.2) is 5.96 Å². The van der Waals surface area contributed by atoms with E-state index in [-0.39, 0.29) is 0 Å². The molecule has 0 bridgehead atoms. The fraction of sp³-hybridized carbons (Fsp3) is 0.636. The first-order chi connectivity index (χ1) is 15.2. The van der Waals surface area contributed by atoms with Crippen molar-refractivity contribution in [2.75, 3.05) is 65.6 Å². The molecule has 1 atom stereocenters. The molecule has 2 aliphatic heterocycles. The molecule has 4 heterocycles. The molecule has 2 aliphatic rings. The quantitative estimate of drug-likeness (QED) is 0.516. The number of morpholine rings is 1. The van der Waals surface area contributed by atoms with E-state index in [0.29, 0.717) is 6.04 Å². The van der Waals surface area contributed by atoms with Crippen LogP contribution in [0.15, 0.2) is 34.0 Å². The van der Waals surface area contributed by atoms with E-state index in [1.54, 1.807) is 6.26 Å². The summed E-state index contributed by atoms with van der Waals surface area (Å²) in [7, 11) is 0. The fourth-order valence-electron chi connectivity index (χ4n) is 4.17. The van der Waals surface area contributed by atoms with Crippen molar-refractivity contribution in [3.05, 3.63) is 39.9 Å². The van der Waals surface area contributed by atoms with E-state index in [2.05, 4.69) is 51.2 Å². The normalized spacial score (nSPS) is 20.2. The molecule has 2 aromatic rings. The second-order valence-corrected chi connectivity index (χ2v) is 9.38. The Morgan fingerprint density at radius 2 is 1.97 bits per heavy atom. The summed E-state index contributed by atoms with van der Waals surface area (Å²) >= 11 is 1.89. The number of piperazine rings is 1. The van der Waals surface area contributed by atoms with Crippen LogP contribution < -0.4 is 5.32 Å². The molecule has 2 saturated heterocycles. The molecule has 2 aromatic heterocycles. The number of hydrogen-bond donors (Lipinski definition) is 1. The van der Waals surface area contributed by atoms with Gasteiger partial charge >= 0.3 is 0 Å². The number of hydrogen-bond acceptors (Lipinski definition) is 7. The zero-order valence-electron chi connectivity index (χ0n) is 18.6. The molecular weight excluding hydrogens is 412 g/mol. The number of guanidine groups is 1. The van der Waals surface area contributed by atoms with Crippen LogP contribution in [0.4, 0.5) is 0 Å². The summed E-state index contributed by atoms with van der Waals surface area (Å²) in [5, 5.41) is 7.56. The van der Waals surface area contributed by atoms with Gasteiger partial charge in [0.1, 0.15) is 6.26 Å². The second-order valence-electron chi connectivity index (χ2n) is 8.06. The van der Waals surface area contributed by atoms with Gasteiger partial charge in [0.25, 0.3) is 0 Å². The molecule has 170 valence electrons. The van der Waals surface area contributed by atoms with E-state index in [1.165, 1.54) is 9.75 Å². The second kappa shape index (κ2) is 11.1. The van der Waals surface area contributed by atoms with Crippen LogP contribution in [0.5, 0.6) is 0 Å². The molecule has 0 saturated carbocycles. The van der Waals surface area contributed by atoms with Crippen LogP contribution >= 0.6 is 11.3 Å². The van der Waals surface area contributed by atoms with Gasteiger partial charge in [-0.2, -0.15) is 0 Å². The summed E-state index contributed by atoms with van der Waals surface area (Å²) in [5.74, 6) is 1.02. The van der Waals surface area contributed by atoms with Crippen LogP contribution in [-0.4, -0.2) is 91.4 Å². The maximum Gasteiger partial charge on any atom is 0.194 e. The van der Waals surface area contributed by atoms with E-state index >= 15 is 0 Å². The summed E-state index contributed by atoms with van der Waals surface area (Å²) in [6, 6.07) is 6.74. The van der Waals surface area contributed by atoms with Crippen molar-refractivity contribution in [3.63, 3.8) is 0 Å². The van der Waals surface area contributed by atoms with Gasteiger partial charge in [-0.25, -0.2) is 0 Å². The average Bonchev–Trinajstić information content (AvgIpc) is 3.46. The van der Waals surface area contributed by atoms with E-state index in [9.17, 15) is 0 Å². The van der Waals surface area contributed by atoms with Crippen LogP contribution in [0, 0.1) is 6.92 Å². The third kappa shape index (κ3) is 6.06. The maximum absolute atomic E-state index is 5.59. The maximum atomic E-state index is 5.59. The lowest BCUT2D eigenvalue weighted by Crippen LogP contribution is -2.52. The number of nitrogens with one attached hydrogen (secondary N) is 1. The first-order valence-corrected chi connectivity index (χ1v) is 12.1. The van der Waals surface area contributed by atoms with Crippen molar-refractivity contribution in [2.45, 2.75) is 26.4 Å². The van der Waals surface area contributed by atoms with Crippen LogP contribution in [-0.2, 0) is 11.3 Å². The lowest BCUT2D eigenvalue weighted by atomic mass is 10.2. The highest BCUT2D eigenvalue weighted by Crippen LogP contribution is 2.28. The Morgan fingerprint density at radius 3 is 2.61 bits per heavy atom. The summed E-state index contributed by atoms with van der Waals surface area (Å²) < 4.78 is 10.6. The molecule has 0 aromatic carbocycles. The van der Waals surface area contributed by atoms with Crippen molar-refractivity contribution in [2.24, 2.45) is 4.99 Å². The largest absolute Gasteiger partial charge is 0.379 e. The summed E-state index contributed by atoms with van der Waals surface area (Å²) in [5.41, 5.74) is 0.994. The number of ether oxygens (including phenoxy) is 1. The first-order valence-electron chi connectivity index (χ1n) is 11.3. The Hall–Kier alpha value is -1.94. The standard InChI is InChI=1S/C22H34N6O2S/c1-3-23-22(28-9-7-26(8-10-28)17-19-6-13-30-25-19)24-16-20(21-5-4-18(2)31-21)27-11-14-29-15-12-27/h4-6,13,20H,3,7-12,14-17H2,1-2H3,(H,23,24). The summed E-state index contributed by atoms with van der Waals surface area (Å²) in [4.78, 5) is 15.2. The smallest absolute Gasteiger partial charge is 0.194 e. The first kappa shape index (κ1) is 22.3. The van der Waals surface area contributed by atoms with Crippen molar-refractivity contribution in [3.8, 4) is 0 Å². The number of aromatic nitrogens is 1. The highest BCUT2D eigenvalue weighted by atomic mass is 32.1. The Bertz CT molecular complexity index is 810. The van der Waals surface area contributed by atoms with Gasteiger partial charge in [0, 0.05) is 68.2 Å². The highest BCUT2D eigenvalue weighted by molar-refractivity contribution is 7.12. The third-order valence-electron chi connectivity index (χ3n) is 5.87. The van der Waals surface area contributed by atoms with E-state index in [1.807, 2.05) is 17.4 Å². The van der Waals surface area contributed by atoms with Crippen LogP contribution in [0.25, 0.3) is 0 Å². The van der Waals surface area contributed by atoms with Gasteiger partial charge in [-0.05, 0) is 26.0 Å². The van der Waals surface area contributed by atoms with E-state index in [4.69, 9.17) is 14.3 Å². The van der Waals surface area contributed by atoms with Crippen molar-refractivity contribution in [1.82, 2.24) is 25.2 Å². The molecule has 31 heavy (non-hydrogen) atoms. The zero-order chi connectivity index (χ0) is 21.5. The molecule has 2 fully saturated rings. The zero-order valence-corrected chi connectivity index (χ0v) is 19.4. The monoisotopic (exact) mass is 446 g/mol. The average molecular weight is 447 g/mol. The van der Waals surface area contributed by atoms with Gasteiger partial charge in [0.05, 0.1) is 31.5 Å². The van der Waals surface area contributed by atoms with Gasteiger partial charge in [-0.3, -0.25) is 14.8 Å². The van der Waals surface area contributed by atoms with Gasteiger partial charge in [-0.1, -0.05) is 5.16 Å².